The van der Waals surface area contributed by atoms with E-state index in [1.54, 1.807) is 6.92 Å². The van der Waals surface area contributed by atoms with E-state index in [-0.39, 0.29) is 18.0 Å². The van der Waals surface area contributed by atoms with Gasteiger partial charge in [-0.1, -0.05) is 6.92 Å². The average Bonchev–Trinajstić information content (AvgIpc) is 2.15. The van der Waals surface area contributed by atoms with Crippen LogP contribution >= 0.6 is 12.4 Å². The van der Waals surface area contributed by atoms with E-state index in [0.717, 1.165) is 12.1 Å². The molecule has 0 radical (unpaired) electrons. The Hall–Kier alpha value is -0.810. The van der Waals surface area contributed by atoms with Crippen molar-refractivity contribution in [3.05, 3.63) is 35.1 Å². The summed E-state index contributed by atoms with van der Waals surface area (Å²) >= 11 is 0. The highest BCUT2D eigenvalue weighted by Gasteiger charge is 2.31. The van der Waals surface area contributed by atoms with Gasteiger partial charge in [-0.3, -0.25) is 0 Å². The third-order valence-electron chi connectivity index (χ3n) is 2.16. The number of halogens is 5. The summed E-state index contributed by atoms with van der Waals surface area (Å²) in [5.74, 6) is -0.697. The molecule has 16 heavy (non-hydrogen) atoms. The second-order valence-corrected chi connectivity index (χ2v) is 3.25. The Morgan fingerprint density at radius 1 is 1.31 bits per heavy atom. The van der Waals surface area contributed by atoms with E-state index in [1.165, 1.54) is 0 Å². The minimum atomic E-state index is -4.46. The van der Waals surface area contributed by atoms with Crippen molar-refractivity contribution >= 4 is 12.4 Å². The van der Waals surface area contributed by atoms with E-state index in [0.29, 0.717) is 12.5 Å². The first-order valence-electron chi connectivity index (χ1n) is 4.48. The third kappa shape index (κ3) is 3.35. The Balaban J connectivity index is 0.00000225. The monoisotopic (exact) mass is 257 g/mol. The fourth-order valence-corrected chi connectivity index (χ4v) is 1.22. The first-order valence-corrected chi connectivity index (χ1v) is 4.48. The lowest BCUT2D eigenvalue weighted by atomic mass is 10.0. The van der Waals surface area contributed by atoms with Gasteiger partial charge in [0.15, 0.2) is 0 Å². The lowest BCUT2D eigenvalue weighted by Gasteiger charge is -2.13. The van der Waals surface area contributed by atoms with Crippen molar-refractivity contribution in [3.63, 3.8) is 0 Å². The zero-order chi connectivity index (χ0) is 11.6. The van der Waals surface area contributed by atoms with Crippen LogP contribution in [-0.2, 0) is 6.18 Å². The summed E-state index contributed by atoms with van der Waals surface area (Å²) < 4.78 is 50.1. The SMILES string of the molecule is CC[C@H](N)c1cc(C(F)(F)F)ccc1F.Cl. The molecular weight excluding hydrogens is 246 g/mol. The van der Waals surface area contributed by atoms with Crippen LogP contribution in [-0.4, -0.2) is 0 Å². The molecule has 92 valence electrons. The molecule has 0 unspecified atom stereocenters. The van der Waals surface area contributed by atoms with Gasteiger partial charge in [0, 0.05) is 11.6 Å². The van der Waals surface area contributed by atoms with Gasteiger partial charge in [0.05, 0.1) is 5.56 Å². The first kappa shape index (κ1) is 15.2. The van der Waals surface area contributed by atoms with Crippen molar-refractivity contribution in [1.29, 1.82) is 0 Å². The highest BCUT2D eigenvalue weighted by molar-refractivity contribution is 5.85. The van der Waals surface area contributed by atoms with Crippen molar-refractivity contribution < 1.29 is 17.6 Å². The molecule has 0 aromatic heterocycles. The molecule has 1 nitrogen and oxygen atoms in total. The molecule has 0 saturated heterocycles. The van der Waals surface area contributed by atoms with Crippen LogP contribution in [0.3, 0.4) is 0 Å². The number of benzene rings is 1. The normalized spacial score (nSPS) is 13.1. The Bertz CT molecular complexity index is 351. The van der Waals surface area contributed by atoms with Gasteiger partial charge in [-0.25, -0.2) is 4.39 Å². The van der Waals surface area contributed by atoms with Crippen molar-refractivity contribution in [2.24, 2.45) is 5.73 Å². The number of hydrogen-bond donors (Lipinski definition) is 1. The fourth-order valence-electron chi connectivity index (χ4n) is 1.22. The molecule has 0 aliphatic carbocycles. The molecule has 0 amide bonds. The van der Waals surface area contributed by atoms with Crippen molar-refractivity contribution in [3.8, 4) is 0 Å². The second kappa shape index (κ2) is 5.50. The molecule has 1 rings (SSSR count). The Morgan fingerprint density at radius 2 is 1.88 bits per heavy atom. The molecule has 0 aliphatic heterocycles. The summed E-state index contributed by atoms with van der Waals surface area (Å²) in [5, 5.41) is 0. The molecule has 0 fully saturated rings. The van der Waals surface area contributed by atoms with Crippen LogP contribution in [0.4, 0.5) is 17.6 Å². The van der Waals surface area contributed by atoms with Gasteiger partial charge in [-0.2, -0.15) is 13.2 Å². The highest BCUT2D eigenvalue weighted by Crippen LogP contribution is 2.31. The van der Waals surface area contributed by atoms with Crippen molar-refractivity contribution in [2.45, 2.75) is 25.6 Å². The number of nitrogens with two attached hydrogens (primary N) is 1. The van der Waals surface area contributed by atoms with Gasteiger partial charge in [0.2, 0.25) is 0 Å². The van der Waals surface area contributed by atoms with Gasteiger partial charge >= 0.3 is 6.18 Å². The molecule has 0 bridgehead atoms. The quantitative estimate of drug-likeness (QED) is 0.804. The lowest BCUT2D eigenvalue weighted by Crippen LogP contribution is -2.13. The Labute approximate surface area is 97.0 Å². The van der Waals surface area contributed by atoms with Crippen LogP contribution in [0, 0.1) is 5.82 Å². The summed E-state index contributed by atoms with van der Waals surface area (Å²) in [4.78, 5) is 0. The average molecular weight is 258 g/mol. The van der Waals surface area contributed by atoms with Crippen LogP contribution in [0.25, 0.3) is 0 Å². The molecule has 2 N–H and O–H groups in total. The van der Waals surface area contributed by atoms with Crippen molar-refractivity contribution in [1.82, 2.24) is 0 Å². The predicted molar refractivity (Wildman–Crippen MR) is 55.9 cm³/mol. The molecule has 0 aliphatic rings. The van der Waals surface area contributed by atoms with Crippen LogP contribution in [0.15, 0.2) is 18.2 Å². The van der Waals surface area contributed by atoms with Crippen LogP contribution in [0.5, 0.6) is 0 Å². The maximum atomic E-state index is 13.1. The zero-order valence-electron chi connectivity index (χ0n) is 8.51. The van der Waals surface area contributed by atoms with E-state index in [4.69, 9.17) is 5.73 Å². The van der Waals surface area contributed by atoms with Gasteiger partial charge in [-0.05, 0) is 24.6 Å². The molecule has 1 aromatic rings. The number of hydrogen-bond acceptors (Lipinski definition) is 1. The number of rotatable bonds is 2. The van der Waals surface area contributed by atoms with Gasteiger partial charge in [-0.15, -0.1) is 12.4 Å². The third-order valence-corrected chi connectivity index (χ3v) is 2.16. The molecule has 0 saturated carbocycles. The van der Waals surface area contributed by atoms with Gasteiger partial charge in [0.1, 0.15) is 5.82 Å². The highest BCUT2D eigenvalue weighted by atomic mass is 35.5. The van der Waals surface area contributed by atoms with Gasteiger partial charge in [0.25, 0.3) is 0 Å². The van der Waals surface area contributed by atoms with Crippen LogP contribution in [0.1, 0.15) is 30.5 Å². The van der Waals surface area contributed by atoms with Crippen LogP contribution in [0.2, 0.25) is 0 Å². The van der Waals surface area contributed by atoms with Crippen molar-refractivity contribution in [2.75, 3.05) is 0 Å². The number of alkyl halides is 3. The summed E-state index contributed by atoms with van der Waals surface area (Å²) in [6.07, 6.45) is -4.08. The summed E-state index contributed by atoms with van der Waals surface area (Å²) in [5.41, 5.74) is 4.54. The minimum Gasteiger partial charge on any atom is -0.324 e. The largest absolute Gasteiger partial charge is 0.416 e. The summed E-state index contributed by atoms with van der Waals surface area (Å²) in [6, 6.07) is 1.57. The molecule has 1 atom stereocenters. The van der Waals surface area contributed by atoms with E-state index in [2.05, 4.69) is 0 Å². The topological polar surface area (TPSA) is 26.0 Å². The van der Waals surface area contributed by atoms with Crippen LogP contribution < -0.4 is 5.73 Å². The molecular formula is C10H12ClF4N. The molecule has 6 heteroatoms. The first-order chi connectivity index (χ1) is 6.86. The second-order valence-electron chi connectivity index (χ2n) is 3.25. The summed E-state index contributed by atoms with van der Waals surface area (Å²) in [7, 11) is 0. The fraction of sp³-hybridized carbons (Fsp3) is 0.400. The Kier molecular flexibility index (Phi) is 5.22. The summed E-state index contributed by atoms with van der Waals surface area (Å²) in [6.45, 7) is 1.68. The van der Waals surface area contributed by atoms with E-state index >= 15 is 0 Å². The predicted octanol–water partition coefficient (Wildman–Crippen LogP) is 3.68. The smallest absolute Gasteiger partial charge is 0.324 e. The molecule has 1 aromatic carbocycles. The maximum absolute atomic E-state index is 13.1. The molecule has 0 heterocycles. The van der Waals surface area contributed by atoms with E-state index in [9.17, 15) is 17.6 Å². The zero-order valence-corrected chi connectivity index (χ0v) is 9.33. The maximum Gasteiger partial charge on any atom is 0.416 e. The van der Waals surface area contributed by atoms with Gasteiger partial charge < -0.3 is 5.73 Å². The standard InChI is InChI=1S/C10H11F4N.ClH/c1-2-9(15)7-5-6(10(12,13)14)3-4-8(7)11;/h3-5,9H,2,15H2,1H3;1H/t9-;/m0./s1. The van der Waals surface area contributed by atoms with E-state index in [1.807, 2.05) is 0 Å². The minimum absolute atomic E-state index is 0. The lowest BCUT2D eigenvalue weighted by molar-refractivity contribution is -0.137. The Morgan fingerprint density at radius 3 is 2.31 bits per heavy atom. The molecule has 0 spiro atoms. The van der Waals surface area contributed by atoms with E-state index < -0.39 is 23.6 Å².